The molecule has 0 radical (unpaired) electrons. The van der Waals surface area contributed by atoms with Gasteiger partial charge in [0.1, 0.15) is 12.1 Å². The zero-order valence-electron chi connectivity index (χ0n) is 22.5. The van der Waals surface area contributed by atoms with Crippen molar-refractivity contribution in [3.05, 3.63) is 66.4 Å². The van der Waals surface area contributed by atoms with E-state index >= 15 is 0 Å². The van der Waals surface area contributed by atoms with E-state index in [1.54, 1.807) is 17.1 Å². The molecule has 41 heavy (non-hydrogen) atoms. The van der Waals surface area contributed by atoms with Crippen molar-refractivity contribution in [2.24, 2.45) is 0 Å². The Bertz CT molecular complexity index is 1540. The van der Waals surface area contributed by atoms with E-state index in [0.717, 1.165) is 29.9 Å². The van der Waals surface area contributed by atoms with Crippen molar-refractivity contribution in [1.29, 1.82) is 0 Å². The van der Waals surface area contributed by atoms with Crippen LogP contribution in [0.25, 0.3) is 11.2 Å². The molecule has 10 nitrogen and oxygen atoms in total. The predicted octanol–water partition coefficient (Wildman–Crippen LogP) is 3.46. The molecule has 0 spiro atoms. The summed E-state index contributed by atoms with van der Waals surface area (Å²) in [5, 5.41) is 0. The van der Waals surface area contributed by atoms with Crippen LogP contribution in [0, 0.1) is 0 Å². The molecule has 1 fully saturated rings. The van der Waals surface area contributed by atoms with Crippen molar-refractivity contribution in [3.8, 4) is 6.01 Å². The number of carbonyl (C=O) groups excluding carboxylic acids is 1. The topological polar surface area (TPSA) is 92.5 Å². The van der Waals surface area contributed by atoms with E-state index in [-0.39, 0.29) is 24.5 Å². The lowest BCUT2D eigenvalue weighted by Crippen LogP contribution is -2.55. The lowest BCUT2D eigenvalue weighted by Gasteiger charge is -2.43. The number of imidazole rings is 1. The van der Waals surface area contributed by atoms with Gasteiger partial charge in [-0.3, -0.25) is 4.79 Å². The van der Waals surface area contributed by atoms with Gasteiger partial charge in [-0.15, -0.1) is 0 Å². The molecule has 2 aliphatic rings. The number of fused-ring (bicyclic) bond motifs is 2. The molecule has 1 amide bonds. The molecule has 0 bridgehead atoms. The van der Waals surface area contributed by atoms with Crippen LogP contribution in [0.15, 0.2) is 55.2 Å². The number of amides is 1. The summed E-state index contributed by atoms with van der Waals surface area (Å²) in [7, 11) is 0. The average Bonchev–Trinajstić information content (AvgIpc) is 3.38. The molecule has 5 heterocycles. The lowest BCUT2D eigenvalue weighted by molar-refractivity contribution is -0.154. The van der Waals surface area contributed by atoms with Crippen molar-refractivity contribution >= 4 is 28.4 Å². The molecule has 0 aliphatic carbocycles. The Morgan fingerprint density at radius 3 is 2.63 bits per heavy atom. The number of aromatic nitrogens is 5. The van der Waals surface area contributed by atoms with E-state index in [1.807, 2.05) is 17.0 Å². The highest BCUT2D eigenvalue weighted by molar-refractivity contribution is 5.79. The summed E-state index contributed by atoms with van der Waals surface area (Å²) in [6, 6.07) is 9.72. The first kappa shape index (κ1) is 26.8. The Hall–Kier alpha value is -4.42. The van der Waals surface area contributed by atoms with Crippen LogP contribution in [0.2, 0.25) is 0 Å². The summed E-state index contributed by atoms with van der Waals surface area (Å²) in [6.45, 7) is 4.17. The molecule has 3 aromatic heterocycles. The first-order chi connectivity index (χ1) is 19.7. The summed E-state index contributed by atoms with van der Waals surface area (Å²) < 4.78 is 43.7. The van der Waals surface area contributed by atoms with E-state index in [1.165, 1.54) is 23.5 Å². The monoisotopic (exact) mass is 566 g/mol. The number of halogens is 3. The van der Waals surface area contributed by atoms with Crippen LogP contribution in [0.4, 0.5) is 24.5 Å². The van der Waals surface area contributed by atoms with Gasteiger partial charge >= 0.3 is 12.2 Å². The molecule has 1 aromatic carbocycles. The molecular weight excluding hydrogens is 537 g/mol. The van der Waals surface area contributed by atoms with Crippen LogP contribution in [0.3, 0.4) is 0 Å². The normalized spacial score (nSPS) is 17.6. The van der Waals surface area contributed by atoms with Gasteiger partial charge in [0, 0.05) is 50.6 Å². The predicted molar refractivity (Wildman–Crippen MR) is 146 cm³/mol. The molecule has 6 rings (SSSR count). The van der Waals surface area contributed by atoms with Crippen LogP contribution < -0.4 is 14.5 Å². The minimum Gasteiger partial charge on any atom is -0.454 e. The first-order valence-corrected chi connectivity index (χ1v) is 13.4. The quantitative estimate of drug-likeness (QED) is 0.351. The van der Waals surface area contributed by atoms with Crippen LogP contribution in [0.5, 0.6) is 6.01 Å². The number of pyridine rings is 1. The molecule has 1 saturated heterocycles. The Labute approximate surface area is 234 Å². The Balaban J connectivity index is 1.12. The second-order valence-electron chi connectivity index (χ2n) is 10.3. The van der Waals surface area contributed by atoms with Gasteiger partial charge in [0.25, 0.3) is 0 Å². The molecule has 0 saturated carbocycles. The second kappa shape index (κ2) is 10.9. The number of piperazine rings is 1. The summed E-state index contributed by atoms with van der Waals surface area (Å²) >= 11 is 0. The SMILES string of the molecule is CC1CN(c2cccc3c2CN(c2cnc(OCC(F)(F)F)nc2)CC3)CCN1C(=O)Cn1cnc2cccnc21. The Kier molecular flexibility index (Phi) is 7.10. The zero-order valence-corrected chi connectivity index (χ0v) is 22.5. The van der Waals surface area contributed by atoms with E-state index < -0.39 is 12.8 Å². The van der Waals surface area contributed by atoms with Crippen molar-refractivity contribution < 1.29 is 22.7 Å². The summed E-state index contributed by atoms with van der Waals surface area (Å²) in [6.07, 6.45) is 2.72. The largest absolute Gasteiger partial charge is 0.454 e. The maximum Gasteiger partial charge on any atom is 0.422 e. The van der Waals surface area contributed by atoms with E-state index in [2.05, 4.69) is 59.6 Å². The maximum atomic E-state index is 13.3. The van der Waals surface area contributed by atoms with Crippen molar-refractivity contribution in [2.75, 3.05) is 42.6 Å². The fourth-order valence-electron chi connectivity index (χ4n) is 5.57. The molecule has 2 aliphatic heterocycles. The standard InChI is InChI=1S/C28H29F3N8O2/c1-19-14-37(10-11-39(19)25(40)16-38-18-35-23-5-3-8-32-26(23)38)24-6-2-4-20-7-9-36(15-22(20)24)21-12-33-27(34-13-21)41-17-28(29,30)31/h2-6,8,12-13,18-19H,7,9-11,14-17H2,1H3. The molecule has 214 valence electrons. The summed E-state index contributed by atoms with van der Waals surface area (Å²) in [5.41, 5.74) is 5.76. The average molecular weight is 567 g/mol. The highest BCUT2D eigenvalue weighted by Gasteiger charge is 2.31. The van der Waals surface area contributed by atoms with Gasteiger partial charge < -0.3 is 24.0 Å². The number of carbonyl (C=O) groups is 1. The van der Waals surface area contributed by atoms with Gasteiger partial charge in [-0.2, -0.15) is 13.2 Å². The Morgan fingerprint density at radius 1 is 1.02 bits per heavy atom. The number of alkyl halides is 3. The van der Waals surface area contributed by atoms with Gasteiger partial charge in [-0.25, -0.2) is 19.9 Å². The fourth-order valence-corrected chi connectivity index (χ4v) is 5.57. The maximum absolute atomic E-state index is 13.3. The number of ether oxygens (including phenoxy) is 1. The number of hydrogen-bond acceptors (Lipinski definition) is 8. The Morgan fingerprint density at radius 2 is 1.85 bits per heavy atom. The molecule has 4 aromatic rings. The minimum absolute atomic E-state index is 0.00665. The van der Waals surface area contributed by atoms with Gasteiger partial charge in [0.05, 0.1) is 24.4 Å². The minimum atomic E-state index is -4.45. The second-order valence-corrected chi connectivity index (χ2v) is 10.3. The van der Waals surface area contributed by atoms with Gasteiger partial charge in [0.15, 0.2) is 12.3 Å². The van der Waals surface area contributed by atoms with Crippen LogP contribution >= 0.6 is 0 Å². The van der Waals surface area contributed by atoms with Crippen molar-refractivity contribution in [3.63, 3.8) is 0 Å². The third-order valence-corrected chi connectivity index (χ3v) is 7.56. The number of hydrogen-bond donors (Lipinski definition) is 0. The van der Waals surface area contributed by atoms with E-state index in [9.17, 15) is 18.0 Å². The lowest BCUT2D eigenvalue weighted by atomic mass is 9.96. The fraction of sp³-hybridized carbons (Fsp3) is 0.393. The van der Waals surface area contributed by atoms with Gasteiger partial charge in [0.2, 0.25) is 5.91 Å². The number of nitrogens with zero attached hydrogens (tertiary/aromatic N) is 8. The van der Waals surface area contributed by atoms with E-state index in [4.69, 9.17) is 0 Å². The number of anilines is 2. The zero-order chi connectivity index (χ0) is 28.6. The van der Waals surface area contributed by atoms with Crippen LogP contribution in [-0.4, -0.2) is 80.3 Å². The summed E-state index contributed by atoms with van der Waals surface area (Å²) in [4.78, 5) is 36.3. The first-order valence-electron chi connectivity index (χ1n) is 13.4. The van der Waals surface area contributed by atoms with E-state index in [0.29, 0.717) is 31.8 Å². The van der Waals surface area contributed by atoms with Crippen molar-refractivity contribution in [1.82, 2.24) is 29.4 Å². The molecular formula is C28H29F3N8O2. The summed E-state index contributed by atoms with van der Waals surface area (Å²) in [5.74, 6) is 0.0334. The van der Waals surface area contributed by atoms with Gasteiger partial charge in [-0.05, 0) is 42.7 Å². The third kappa shape index (κ3) is 5.74. The number of benzene rings is 1. The molecule has 0 N–H and O–H groups in total. The molecule has 1 atom stereocenters. The van der Waals surface area contributed by atoms with Crippen LogP contribution in [0.1, 0.15) is 18.1 Å². The highest BCUT2D eigenvalue weighted by atomic mass is 19.4. The van der Waals surface area contributed by atoms with Gasteiger partial charge in [-0.1, -0.05) is 12.1 Å². The third-order valence-electron chi connectivity index (χ3n) is 7.56. The smallest absolute Gasteiger partial charge is 0.422 e. The number of rotatable bonds is 6. The molecule has 1 unspecified atom stereocenters. The van der Waals surface area contributed by atoms with Crippen LogP contribution in [-0.2, 0) is 24.3 Å². The van der Waals surface area contributed by atoms with Crippen molar-refractivity contribution in [2.45, 2.75) is 38.7 Å². The highest BCUT2D eigenvalue weighted by Crippen LogP contribution is 2.33. The molecule has 13 heteroatoms.